The molecule has 2 aromatic rings. The van der Waals surface area contributed by atoms with Gasteiger partial charge < -0.3 is 24.4 Å². The van der Waals surface area contributed by atoms with Crippen LogP contribution in [0, 0.1) is 0 Å². The van der Waals surface area contributed by atoms with Gasteiger partial charge in [0.05, 0.1) is 25.9 Å². The molecule has 0 saturated carbocycles. The quantitative estimate of drug-likeness (QED) is 0.728. The maximum Gasteiger partial charge on any atom is 0.335 e. The molecule has 0 amide bonds. The molecule has 0 aliphatic rings. The molecule has 2 rings (SSSR count). The summed E-state index contributed by atoms with van der Waals surface area (Å²) in [5.74, 6) is -0.296. The number of rotatable bonds is 8. The van der Waals surface area contributed by atoms with Crippen LogP contribution >= 0.6 is 0 Å². The first-order valence-corrected chi connectivity index (χ1v) is 7.00. The first-order valence-electron chi connectivity index (χ1n) is 7.00. The molecule has 2 aromatic carbocycles. The van der Waals surface area contributed by atoms with E-state index >= 15 is 0 Å². The van der Waals surface area contributed by atoms with Crippen LogP contribution in [0.2, 0.25) is 0 Å². The van der Waals surface area contributed by atoms with E-state index in [9.17, 15) is 9.90 Å². The van der Waals surface area contributed by atoms with E-state index in [1.165, 1.54) is 12.1 Å². The van der Waals surface area contributed by atoms with Crippen molar-refractivity contribution in [2.75, 3.05) is 20.3 Å². The smallest absolute Gasteiger partial charge is 0.335 e. The van der Waals surface area contributed by atoms with E-state index in [-0.39, 0.29) is 23.7 Å². The van der Waals surface area contributed by atoms with Crippen LogP contribution in [0.25, 0.3) is 0 Å². The molecule has 0 atom stereocenters. The number of aromatic carboxylic acids is 1. The number of phenolic OH excluding ortho intramolecular Hbond substituents is 1. The molecule has 6 nitrogen and oxygen atoms in total. The van der Waals surface area contributed by atoms with Crippen molar-refractivity contribution >= 4 is 5.97 Å². The summed E-state index contributed by atoms with van der Waals surface area (Å²) in [6.07, 6.45) is 0. The van der Waals surface area contributed by atoms with Crippen molar-refractivity contribution in [3.05, 3.63) is 53.6 Å². The molecule has 0 aliphatic heterocycles. The predicted molar refractivity (Wildman–Crippen MR) is 83.2 cm³/mol. The summed E-state index contributed by atoms with van der Waals surface area (Å²) >= 11 is 0. The lowest BCUT2D eigenvalue weighted by Gasteiger charge is -2.09. The zero-order chi connectivity index (χ0) is 16.7. The van der Waals surface area contributed by atoms with Gasteiger partial charge in [0.1, 0.15) is 12.4 Å². The Morgan fingerprint density at radius 2 is 1.83 bits per heavy atom. The van der Waals surface area contributed by atoms with Gasteiger partial charge in [0.2, 0.25) is 0 Å². The first-order chi connectivity index (χ1) is 11.1. The molecule has 0 unspecified atom stereocenters. The molecule has 0 heterocycles. The fraction of sp³-hybridized carbons (Fsp3) is 0.235. The largest absolute Gasteiger partial charge is 0.504 e. The van der Waals surface area contributed by atoms with E-state index in [0.29, 0.717) is 13.2 Å². The fourth-order valence-electron chi connectivity index (χ4n) is 1.89. The number of benzene rings is 2. The Hall–Kier alpha value is -2.73. The third-order valence-corrected chi connectivity index (χ3v) is 3.12. The molecule has 6 heteroatoms. The molecular weight excluding hydrogens is 300 g/mol. The fourth-order valence-corrected chi connectivity index (χ4v) is 1.89. The molecule has 2 N–H and O–H groups in total. The average Bonchev–Trinajstić information content (AvgIpc) is 2.56. The first kappa shape index (κ1) is 16.6. The second-order valence-corrected chi connectivity index (χ2v) is 4.74. The number of phenols is 1. The molecule has 0 bridgehead atoms. The van der Waals surface area contributed by atoms with Gasteiger partial charge >= 0.3 is 5.97 Å². The van der Waals surface area contributed by atoms with Crippen molar-refractivity contribution in [1.29, 1.82) is 0 Å². The summed E-state index contributed by atoms with van der Waals surface area (Å²) in [4.78, 5) is 10.8. The number of ether oxygens (including phenoxy) is 3. The zero-order valence-corrected chi connectivity index (χ0v) is 12.7. The van der Waals surface area contributed by atoms with Crippen molar-refractivity contribution in [2.24, 2.45) is 0 Å². The molecule has 23 heavy (non-hydrogen) atoms. The van der Waals surface area contributed by atoms with Crippen LogP contribution in [0.4, 0.5) is 0 Å². The summed E-state index contributed by atoms with van der Waals surface area (Å²) in [5.41, 5.74) is 1.02. The van der Waals surface area contributed by atoms with Gasteiger partial charge in [-0.15, -0.1) is 0 Å². The number of carboxylic acid groups (broad SMARTS) is 1. The highest BCUT2D eigenvalue weighted by molar-refractivity contribution is 5.88. The molecule has 0 saturated heterocycles. The summed E-state index contributed by atoms with van der Waals surface area (Å²) in [6, 6.07) is 11.5. The van der Waals surface area contributed by atoms with Crippen LogP contribution in [-0.4, -0.2) is 36.5 Å². The van der Waals surface area contributed by atoms with Crippen LogP contribution in [0.3, 0.4) is 0 Å². The molecule has 122 valence electrons. The van der Waals surface area contributed by atoms with Crippen LogP contribution in [0.15, 0.2) is 42.5 Å². The maximum atomic E-state index is 10.8. The zero-order valence-electron chi connectivity index (χ0n) is 12.7. The summed E-state index contributed by atoms with van der Waals surface area (Å²) in [6.45, 7) is 1.03. The predicted octanol–water partition coefficient (Wildman–Crippen LogP) is 2.69. The van der Waals surface area contributed by atoms with E-state index in [4.69, 9.17) is 19.3 Å². The van der Waals surface area contributed by atoms with Gasteiger partial charge in [-0.3, -0.25) is 0 Å². The van der Waals surface area contributed by atoms with Crippen LogP contribution in [0.1, 0.15) is 15.9 Å². The van der Waals surface area contributed by atoms with E-state index in [2.05, 4.69) is 0 Å². The maximum absolute atomic E-state index is 10.8. The second kappa shape index (κ2) is 8.05. The lowest BCUT2D eigenvalue weighted by Crippen LogP contribution is -2.07. The summed E-state index contributed by atoms with van der Waals surface area (Å²) in [5, 5.41) is 18.5. The van der Waals surface area contributed by atoms with E-state index < -0.39 is 5.97 Å². The topological polar surface area (TPSA) is 85.2 Å². The second-order valence-electron chi connectivity index (χ2n) is 4.74. The Balaban J connectivity index is 1.73. The van der Waals surface area contributed by atoms with Gasteiger partial charge in [0.25, 0.3) is 0 Å². The summed E-state index contributed by atoms with van der Waals surface area (Å²) < 4.78 is 15.9. The van der Waals surface area contributed by atoms with Crippen molar-refractivity contribution in [3.8, 4) is 17.2 Å². The highest BCUT2D eigenvalue weighted by Gasteiger charge is 2.08. The molecule has 0 fully saturated rings. The lowest BCUT2D eigenvalue weighted by molar-refractivity contribution is 0.0696. The number of aromatic hydroxyl groups is 1. The Labute approximate surface area is 133 Å². The molecule has 0 radical (unpaired) electrons. The molecule has 0 aliphatic carbocycles. The number of carboxylic acids is 1. The van der Waals surface area contributed by atoms with Crippen LogP contribution in [0.5, 0.6) is 17.2 Å². The Bertz CT molecular complexity index is 651. The van der Waals surface area contributed by atoms with E-state index in [0.717, 1.165) is 17.4 Å². The van der Waals surface area contributed by atoms with E-state index in [1.807, 2.05) is 24.3 Å². The number of methoxy groups -OCH3 is 1. The minimum atomic E-state index is -1.10. The Morgan fingerprint density at radius 3 is 2.43 bits per heavy atom. The third-order valence-electron chi connectivity index (χ3n) is 3.12. The van der Waals surface area contributed by atoms with Gasteiger partial charge in [0.15, 0.2) is 11.5 Å². The van der Waals surface area contributed by atoms with Gasteiger partial charge in [-0.25, -0.2) is 4.79 Å². The number of hydrogen-bond acceptors (Lipinski definition) is 5. The van der Waals surface area contributed by atoms with Crippen LogP contribution < -0.4 is 9.47 Å². The molecular formula is C17H18O6. The minimum absolute atomic E-state index is 0.00519. The summed E-state index contributed by atoms with van der Waals surface area (Å²) in [7, 11) is 1.61. The molecule has 0 spiro atoms. The molecule has 0 aromatic heterocycles. The van der Waals surface area contributed by atoms with Crippen molar-refractivity contribution in [3.63, 3.8) is 0 Å². The third kappa shape index (κ3) is 4.89. The Kier molecular flexibility index (Phi) is 5.82. The highest BCUT2D eigenvalue weighted by atomic mass is 16.5. The average molecular weight is 318 g/mol. The van der Waals surface area contributed by atoms with Crippen molar-refractivity contribution in [1.82, 2.24) is 0 Å². The number of hydrogen-bond donors (Lipinski definition) is 2. The van der Waals surface area contributed by atoms with Gasteiger partial charge in [-0.1, -0.05) is 12.1 Å². The number of carbonyl (C=O) groups is 1. The van der Waals surface area contributed by atoms with Crippen molar-refractivity contribution < 1.29 is 29.2 Å². The van der Waals surface area contributed by atoms with Crippen LogP contribution in [-0.2, 0) is 11.3 Å². The highest BCUT2D eigenvalue weighted by Crippen LogP contribution is 2.26. The van der Waals surface area contributed by atoms with Crippen molar-refractivity contribution in [2.45, 2.75) is 6.61 Å². The van der Waals surface area contributed by atoms with E-state index in [1.54, 1.807) is 7.11 Å². The van der Waals surface area contributed by atoms with Gasteiger partial charge in [-0.05, 0) is 35.9 Å². The SMILES string of the molecule is COc1ccc(COCCOc2ccc(C(=O)O)cc2O)cc1. The lowest BCUT2D eigenvalue weighted by atomic mass is 10.2. The van der Waals surface area contributed by atoms with Gasteiger partial charge in [0, 0.05) is 0 Å². The normalized spacial score (nSPS) is 10.3. The standard InChI is InChI=1S/C17H18O6/c1-21-14-5-2-12(3-6-14)11-22-8-9-23-16-7-4-13(17(19)20)10-15(16)18/h2-7,10,18H,8-9,11H2,1H3,(H,19,20). The van der Waals surface area contributed by atoms with Gasteiger partial charge in [-0.2, -0.15) is 0 Å². The monoisotopic (exact) mass is 318 g/mol. The minimum Gasteiger partial charge on any atom is -0.504 e. The Morgan fingerprint density at radius 1 is 1.09 bits per heavy atom.